The van der Waals surface area contributed by atoms with Crippen molar-refractivity contribution in [1.82, 2.24) is 0 Å². The zero-order valence-corrected chi connectivity index (χ0v) is 9.34. The van der Waals surface area contributed by atoms with Gasteiger partial charge < -0.3 is 15.2 Å². The van der Waals surface area contributed by atoms with E-state index in [1.54, 1.807) is 6.92 Å². The molecule has 1 unspecified atom stereocenters. The van der Waals surface area contributed by atoms with Gasteiger partial charge in [0.1, 0.15) is 5.75 Å². The molecule has 2 rings (SSSR count). The van der Waals surface area contributed by atoms with Crippen LogP contribution in [0.1, 0.15) is 18.9 Å². The lowest BCUT2D eigenvalue weighted by Crippen LogP contribution is -2.33. The third kappa shape index (κ3) is 2.01. The first-order chi connectivity index (χ1) is 8.26. The Hall–Kier alpha value is -1.76. The fourth-order valence-electron chi connectivity index (χ4n) is 1.87. The first-order valence-corrected chi connectivity index (χ1v) is 5.20. The Morgan fingerprint density at radius 2 is 2.11 bits per heavy atom. The molecule has 0 spiro atoms. The van der Waals surface area contributed by atoms with E-state index in [0.29, 0.717) is 5.69 Å². The molecule has 18 heavy (non-hydrogen) atoms. The standard InChI is InChI=1S/C11H10F3NO3/c1-2-10(17)7-5-6(18-11(12,13)14)3-4-8(7)15-9(10)16/h3-5,17H,2H2,1H3,(H,15,16). The Morgan fingerprint density at radius 3 is 2.67 bits per heavy atom. The fraction of sp³-hybridized carbons (Fsp3) is 0.364. The summed E-state index contributed by atoms with van der Waals surface area (Å²) in [5.41, 5.74) is -1.42. The maximum absolute atomic E-state index is 12.1. The van der Waals surface area contributed by atoms with E-state index in [2.05, 4.69) is 10.1 Å². The lowest BCUT2D eigenvalue weighted by molar-refractivity contribution is -0.274. The van der Waals surface area contributed by atoms with Gasteiger partial charge in [0.05, 0.1) is 0 Å². The number of carbonyl (C=O) groups is 1. The van der Waals surface area contributed by atoms with E-state index in [0.717, 1.165) is 12.1 Å². The summed E-state index contributed by atoms with van der Waals surface area (Å²) in [5.74, 6) is -1.12. The molecular formula is C11H10F3NO3. The van der Waals surface area contributed by atoms with Crippen molar-refractivity contribution in [1.29, 1.82) is 0 Å². The van der Waals surface area contributed by atoms with Crippen molar-refractivity contribution in [2.24, 2.45) is 0 Å². The quantitative estimate of drug-likeness (QED) is 0.857. The average molecular weight is 261 g/mol. The summed E-state index contributed by atoms with van der Waals surface area (Å²) in [6.07, 6.45) is -4.75. The molecule has 0 saturated carbocycles. The molecule has 4 nitrogen and oxygen atoms in total. The van der Waals surface area contributed by atoms with Crippen molar-refractivity contribution < 1.29 is 27.8 Å². The summed E-state index contributed by atoms with van der Waals surface area (Å²) in [6, 6.07) is 3.36. The molecule has 1 aromatic rings. The lowest BCUT2D eigenvalue weighted by atomic mass is 9.92. The first-order valence-electron chi connectivity index (χ1n) is 5.20. The van der Waals surface area contributed by atoms with Gasteiger partial charge >= 0.3 is 6.36 Å². The van der Waals surface area contributed by atoms with Crippen LogP contribution in [0.3, 0.4) is 0 Å². The summed E-state index contributed by atoms with van der Waals surface area (Å²) in [4.78, 5) is 11.6. The smallest absolute Gasteiger partial charge is 0.406 e. The SMILES string of the molecule is CCC1(O)C(=O)Nc2ccc(OC(F)(F)F)cc21. The Kier molecular flexibility index (Phi) is 2.73. The molecule has 2 N–H and O–H groups in total. The minimum Gasteiger partial charge on any atom is -0.406 e. The number of anilines is 1. The van der Waals surface area contributed by atoms with Crippen molar-refractivity contribution >= 4 is 11.6 Å². The Labute approximate surface area is 100 Å². The van der Waals surface area contributed by atoms with Gasteiger partial charge in [0.2, 0.25) is 0 Å². The number of fused-ring (bicyclic) bond motifs is 1. The van der Waals surface area contributed by atoms with E-state index in [-0.39, 0.29) is 12.0 Å². The highest BCUT2D eigenvalue weighted by molar-refractivity contribution is 6.05. The highest BCUT2D eigenvalue weighted by atomic mass is 19.4. The number of alkyl halides is 3. The van der Waals surface area contributed by atoms with Crippen molar-refractivity contribution in [3.05, 3.63) is 23.8 Å². The van der Waals surface area contributed by atoms with E-state index >= 15 is 0 Å². The molecule has 0 fully saturated rings. The van der Waals surface area contributed by atoms with Crippen LogP contribution in [0, 0.1) is 0 Å². The van der Waals surface area contributed by atoms with E-state index in [9.17, 15) is 23.1 Å². The number of amides is 1. The second-order valence-electron chi connectivity index (χ2n) is 3.92. The third-order valence-electron chi connectivity index (χ3n) is 2.81. The Morgan fingerprint density at radius 1 is 1.44 bits per heavy atom. The number of aliphatic hydroxyl groups is 1. The van der Waals surface area contributed by atoms with Gasteiger partial charge in [-0.15, -0.1) is 13.2 Å². The number of carbonyl (C=O) groups excluding carboxylic acids is 1. The molecule has 98 valence electrons. The van der Waals surface area contributed by atoms with Crippen molar-refractivity contribution in [3.63, 3.8) is 0 Å². The molecule has 0 saturated heterocycles. The molecule has 0 aromatic heterocycles. The summed E-state index contributed by atoms with van der Waals surface area (Å²) in [7, 11) is 0. The average Bonchev–Trinajstić information content (AvgIpc) is 2.51. The van der Waals surface area contributed by atoms with Gasteiger partial charge in [-0.3, -0.25) is 4.79 Å². The van der Waals surface area contributed by atoms with Crippen LogP contribution in [0.15, 0.2) is 18.2 Å². The normalized spacial score (nSPS) is 22.6. The van der Waals surface area contributed by atoms with E-state index in [1.807, 2.05) is 0 Å². The first kappa shape index (κ1) is 12.7. The van der Waals surface area contributed by atoms with Crippen molar-refractivity contribution in [3.8, 4) is 5.75 Å². The zero-order valence-electron chi connectivity index (χ0n) is 9.34. The number of hydrogen-bond acceptors (Lipinski definition) is 3. The van der Waals surface area contributed by atoms with Gasteiger partial charge in [0.25, 0.3) is 5.91 Å². The van der Waals surface area contributed by atoms with Crippen LogP contribution in [-0.2, 0) is 10.4 Å². The van der Waals surface area contributed by atoms with Crippen LogP contribution in [0.25, 0.3) is 0 Å². The Balaban J connectivity index is 2.41. The largest absolute Gasteiger partial charge is 0.573 e. The predicted octanol–water partition coefficient (Wildman–Crippen LogP) is 2.13. The molecule has 7 heteroatoms. The van der Waals surface area contributed by atoms with Gasteiger partial charge in [-0.2, -0.15) is 0 Å². The molecule has 1 amide bonds. The van der Waals surface area contributed by atoms with Crippen molar-refractivity contribution in [2.75, 3.05) is 5.32 Å². The maximum atomic E-state index is 12.1. The van der Waals surface area contributed by atoms with Crippen LogP contribution in [0.5, 0.6) is 5.75 Å². The topological polar surface area (TPSA) is 58.6 Å². The monoisotopic (exact) mass is 261 g/mol. The molecule has 1 aromatic carbocycles. The summed E-state index contributed by atoms with van der Waals surface area (Å²) >= 11 is 0. The van der Waals surface area contributed by atoms with E-state index in [1.165, 1.54) is 6.07 Å². The minimum absolute atomic E-state index is 0.0568. The minimum atomic E-state index is -4.81. The second-order valence-corrected chi connectivity index (χ2v) is 3.92. The summed E-state index contributed by atoms with van der Waals surface area (Å²) < 4.78 is 40.0. The van der Waals surface area contributed by atoms with Gasteiger partial charge in [-0.25, -0.2) is 0 Å². The maximum Gasteiger partial charge on any atom is 0.573 e. The molecule has 1 atom stereocenters. The van der Waals surface area contributed by atoms with Crippen LogP contribution in [0.4, 0.5) is 18.9 Å². The number of rotatable bonds is 2. The predicted molar refractivity (Wildman–Crippen MR) is 55.9 cm³/mol. The summed E-state index contributed by atoms with van der Waals surface area (Å²) in [5, 5.41) is 12.5. The fourth-order valence-corrected chi connectivity index (χ4v) is 1.87. The Bertz CT molecular complexity index is 501. The highest BCUT2D eigenvalue weighted by Crippen LogP contribution is 2.40. The number of hydrogen-bond donors (Lipinski definition) is 2. The third-order valence-corrected chi connectivity index (χ3v) is 2.81. The van der Waals surface area contributed by atoms with E-state index in [4.69, 9.17) is 0 Å². The molecule has 1 aliphatic heterocycles. The van der Waals surface area contributed by atoms with Crippen LogP contribution >= 0.6 is 0 Å². The van der Waals surface area contributed by atoms with Gasteiger partial charge in [0.15, 0.2) is 5.60 Å². The second kappa shape index (κ2) is 3.88. The van der Waals surface area contributed by atoms with Crippen LogP contribution in [-0.4, -0.2) is 17.4 Å². The molecule has 0 aliphatic carbocycles. The number of nitrogens with one attached hydrogen (secondary N) is 1. The number of benzene rings is 1. The van der Waals surface area contributed by atoms with Gasteiger partial charge in [-0.05, 0) is 24.6 Å². The van der Waals surface area contributed by atoms with Crippen LogP contribution in [0.2, 0.25) is 0 Å². The molecule has 1 heterocycles. The van der Waals surface area contributed by atoms with Crippen LogP contribution < -0.4 is 10.1 Å². The molecular weight excluding hydrogens is 251 g/mol. The number of ether oxygens (including phenoxy) is 1. The van der Waals surface area contributed by atoms with E-state index < -0.39 is 23.6 Å². The van der Waals surface area contributed by atoms with Gasteiger partial charge in [0, 0.05) is 11.3 Å². The molecule has 0 bridgehead atoms. The lowest BCUT2D eigenvalue weighted by Gasteiger charge is -2.19. The molecule has 1 aliphatic rings. The van der Waals surface area contributed by atoms with Gasteiger partial charge in [-0.1, -0.05) is 6.92 Å². The van der Waals surface area contributed by atoms with Crippen molar-refractivity contribution in [2.45, 2.75) is 25.3 Å². The number of halogens is 3. The summed E-state index contributed by atoms with van der Waals surface area (Å²) in [6.45, 7) is 1.56. The molecule has 0 radical (unpaired) electrons. The zero-order chi connectivity index (χ0) is 13.6. The highest BCUT2D eigenvalue weighted by Gasteiger charge is 2.44.